The fourth-order valence-electron chi connectivity index (χ4n) is 1.27. The molecule has 0 aliphatic carbocycles. The lowest BCUT2D eigenvalue weighted by Gasteiger charge is -2.05. The summed E-state index contributed by atoms with van der Waals surface area (Å²) in [5, 5.41) is 11.9. The van der Waals surface area contributed by atoms with Gasteiger partial charge >= 0.3 is 5.97 Å². The molecule has 0 atom stereocenters. The van der Waals surface area contributed by atoms with Crippen molar-refractivity contribution in [3.63, 3.8) is 0 Å². The predicted octanol–water partition coefficient (Wildman–Crippen LogP) is -0.470. The molecule has 1 amide bonds. The molecule has 1 aromatic heterocycles. The molecule has 0 unspecified atom stereocenters. The van der Waals surface area contributed by atoms with Crippen molar-refractivity contribution in [1.29, 1.82) is 0 Å². The van der Waals surface area contributed by atoms with Gasteiger partial charge in [-0.05, 0) is 13.0 Å². The van der Waals surface area contributed by atoms with Gasteiger partial charge in [0.2, 0.25) is 5.91 Å². The fraction of sp³-hybridized carbons (Fsp3) is 0.400. The number of nitrogens with one attached hydrogen (secondary N) is 1. The van der Waals surface area contributed by atoms with E-state index in [9.17, 15) is 9.59 Å². The molecule has 17 heavy (non-hydrogen) atoms. The Labute approximate surface area is 98.1 Å². The number of aromatic nitrogens is 2. The van der Waals surface area contributed by atoms with Gasteiger partial charge in [-0.2, -0.15) is 0 Å². The van der Waals surface area contributed by atoms with E-state index in [4.69, 9.17) is 10.8 Å². The number of carboxylic acids is 1. The minimum absolute atomic E-state index is 0.0786. The highest BCUT2D eigenvalue weighted by Gasteiger charge is 2.10. The third-order valence-electron chi connectivity index (χ3n) is 2.09. The van der Waals surface area contributed by atoms with Crippen molar-refractivity contribution in [2.24, 2.45) is 5.73 Å². The Bertz CT molecular complexity index is 408. The first kappa shape index (κ1) is 13.0. The molecule has 92 valence electrons. The average molecular weight is 238 g/mol. The molecule has 4 N–H and O–H groups in total. The Morgan fingerprint density at radius 1 is 1.47 bits per heavy atom. The van der Waals surface area contributed by atoms with E-state index >= 15 is 0 Å². The molecule has 0 aliphatic rings. The Morgan fingerprint density at radius 3 is 2.88 bits per heavy atom. The highest BCUT2D eigenvalue weighted by Crippen LogP contribution is 2.02. The smallest absolute Gasteiger partial charge is 0.339 e. The number of carbonyl (C=O) groups is 2. The molecule has 0 saturated carbocycles. The summed E-state index contributed by atoms with van der Waals surface area (Å²) in [4.78, 5) is 28.8. The van der Waals surface area contributed by atoms with Gasteiger partial charge < -0.3 is 16.2 Å². The minimum Gasteiger partial charge on any atom is -0.478 e. The lowest BCUT2D eigenvalue weighted by atomic mass is 10.2. The lowest BCUT2D eigenvalue weighted by molar-refractivity contribution is -0.118. The lowest BCUT2D eigenvalue weighted by Crippen LogP contribution is -2.20. The summed E-state index contributed by atoms with van der Waals surface area (Å²) >= 11 is 0. The summed E-state index contributed by atoms with van der Waals surface area (Å²) in [5.41, 5.74) is 5.49. The minimum atomic E-state index is -1.06. The first-order chi connectivity index (χ1) is 8.11. The number of carbonyl (C=O) groups excluding carboxylic acids is 1. The van der Waals surface area contributed by atoms with Gasteiger partial charge in [-0.15, -0.1) is 0 Å². The van der Waals surface area contributed by atoms with E-state index in [-0.39, 0.29) is 11.5 Å². The van der Waals surface area contributed by atoms with Crippen molar-refractivity contribution in [1.82, 2.24) is 15.3 Å². The SMILES string of the molecule is NC(=O)CCCNCc1ncncc1C(=O)O. The van der Waals surface area contributed by atoms with Crippen LogP contribution in [0.2, 0.25) is 0 Å². The topological polar surface area (TPSA) is 118 Å². The van der Waals surface area contributed by atoms with Crippen molar-refractivity contribution < 1.29 is 14.7 Å². The number of amides is 1. The van der Waals surface area contributed by atoms with E-state index in [1.165, 1.54) is 12.5 Å². The second-order valence-corrected chi connectivity index (χ2v) is 3.43. The molecule has 0 aliphatic heterocycles. The number of rotatable bonds is 7. The third-order valence-corrected chi connectivity index (χ3v) is 2.09. The van der Waals surface area contributed by atoms with Crippen LogP contribution in [0.5, 0.6) is 0 Å². The van der Waals surface area contributed by atoms with Crippen molar-refractivity contribution in [2.75, 3.05) is 6.54 Å². The molecule has 0 saturated heterocycles. The van der Waals surface area contributed by atoms with Gasteiger partial charge in [-0.1, -0.05) is 0 Å². The van der Waals surface area contributed by atoms with Crippen molar-refractivity contribution in [2.45, 2.75) is 19.4 Å². The van der Waals surface area contributed by atoms with Crippen LogP contribution in [0.4, 0.5) is 0 Å². The monoisotopic (exact) mass is 238 g/mol. The van der Waals surface area contributed by atoms with Crippen LogP contribution in [0.25, 0.3) is 0 Å². The molecule has 7 heteroatoms. The van der Waals surface area contributed by atoms with Gasteiger partial charge in [0.25, 0.3) is 0 Å². The summed E-state index contributed by atoms with van der Waals surface area (Å²) in [6.07, 6.45) is 3.48. The highest BCUT2D eigenvalue weighted by molar-refractivity contribution is 5.88. The van der Waals surface area contributed by atoms with Crippen LogP contribution in [0.15, 0.2) is 12.5 Å². The van der Waals surface area contributed by atoms with E-state index in [0.29, 0.717) is 31.6 Å². The van der Waals surface area contributed by atoms with Gasteiger partial charge in [-0.3, -0.25) is 4.79 Å². The number of hydrogen-bond donors (Lipinski definition) is 3. The first-order valence-corrected chi connectivity index (χ1v) is 5.12. The van der Waals surface area contributed by atoms with Gasteiger partial charge in [0.05, 0.1) is 5.69 Å². The molecule has 1 rings (SSSR count). The molecular weight excluding hydrogens is 224 g/mol. The summed E-state index contributed by atoms with van der Waals surface area (Å²) < 4.78 is 0. The predicted molar refractivity (Wildman–Crippen MR) is 59.1 cm³/mol. The average Bonchev–Trinajstić information content (AvgIpc) is 2.28. The molecule has 0 fully saturated rings. The molecule has 0 bridgehead atoms. The van der Waals surface area contributed by atoms with Gasteiger partial charge in [0.15, 0.2) is 0 Å². The Kier molecular flexibility index (Phi) is 5.02. The number of nitrogens with two attached hydrogens (primary N) is 1. The van der Waals surface area contributed by atoms with Gasteiger partial charge in [-0.25, -0.2) is 14.8 Å². The zero-order valence-electron chi connectivity index (χ0n) is 9.22. The maximum absolute atomic E-state index is 10.8. The number of nitrogens with zero attached hydrogens (tertiary/aromatic N) is 2. The molecule has 1 heterocycles. The number of hydrogen-bond acceptors (Lipinski definition) is 5. The van der Waals surface area contributed by atoms with Crippen molar-refractivity contribution in [3.05, 3.63) is 23.8 Å². The number of primary amides is 1. The van der Waals surface area contributed by atoms with Crippen LogP contribution in [0.1, 0.15) is 28.9 Å². The van der Waals surface area contributed by atoms with E-state index < -0.39 is 5.97 Å². The van der Waals surface area contributed by atoms with E-state index in [2.05, 4.69) is 15.3 Å². The van der Waals surface area contributed by atoms with Gasteiger partial charge in [0.1, 0.15) is 11.9 Å². The summed E-state index contributed by atoms with van der Waals surface area (Å²) in [6, 6.07) is 0. The Morgan fingerprint density at radius 2 is 2.24 bits per heavy atom. The molecule has 1 aromatic rings. The number of carboxylic acid groups (broad SMARTS) is 1. The highest BCUT2D eigenvalue weighted by atomic mass is 16.4. The third kappa shape index (κ3) is 4.56. The van der Waals surface area contributed by atoms with E-state index in [1.807, 2.05) is 0 Å². The Hall–Kier alpha value is -2.02. The second-order valence-electron chi connectivity index (χ2n) is 3.43. The largest absolute Gasteiger partial charge is 0.478 e. The standard InChI is InChI=1S/C10H14N4O3/c11-9(15)2-1-3-12-5-8-7(10(16)17)4-13-6-14-8/h4,6,12H,1-3,5H2,(H2,11,15)(H,16,17). The number of aromatic carboxylic acids is 1. The zero-order valence-corrected chi connectivity index (χ0v) is 9.22. The zero-order chi connectivity index (χ0) is 12.7. The normalized spacial score (nSPS) is 10.1. The quantitative estimate of drug-likeness (QED) is 0.552. The maximum atomic E-state index is 10.8. The van der Waals surface area contributed by atoms with E-state index in [0.717, 1.165) is 0 Å². The molecule has 0 radical (unpaired) electrons. The van der Waals surface area contributed by atoms with E-state index in [1.54, 1.807) is 0 Å². The van der Waals surface area contributed by atoms with Crippen LogP contribution < -0.4 is 11.1 Å². The fourth-order valence-corrected chi connectivity index (χ4v) is 1.27. The summed E-state index contributed by atoms with van der Waals surface area (Å²) in [7, 11) is 0. The second kappa shape index (κ2) is 6.54. The maximum Gasteiger partial charge on any atom is 0.339 e. The first-order valence-electron chi connectivity index (χ1n) is 5.12. The van der Waals surface area contributed by atoms with Crippen LogP contribution in [-0.4, -0.2) is 33.5 Å². The van der Waals surface area contributed by atoms with Crippen molar-refractivity contribution in [3.8, 4) is 0 Å². The van der Waals surface area contributed by atoms with Crippen LogP contribution in [0, 0.1) is 0 Å². The molecule has 0 spiro atoms. The molecule has 0 aromatic carbocycles. The van der Waals surface area contributed by atoms with Crippen LogP contribution >= 0.6 is 0 Å². The van der Waals surface area contributed by atoms with Gasteiger partial charge in [0, 0.05) is 19.2 Å². The van der Waals surface area contributed by atoms with Crippen LogP contribution in [0.3, 0.4) is 0 Å². The van der Waals surface area contributed by atoms with Crippen LogP contribution in [-0.2, 0) is 11.3 Å². The summed E-state index contributed by atoms with van der Waals surface area (Å²) in [5.74, 6) is -1.40. The van der Waals surface area contributed by atoms with Crippen molar-refractivity contribution >= 4 is 11.9 Å². The Balaban J connectivity index is 2.41. The molecule has 7 nitrogen and oxygen atoms in total. The summed E-state index contributed by atoms with van der Waals surface area (Å²) in [6.45, 7) is 0.898. The molecular formula is C10H14N4O3.